The Bertz CT molecular complexity index is 1490. The number of amides is 1. The molecule has 1 unspecified atom stereocenters. The van der Waals surface area contributed by atoms with Crippen molar-refractivity contribution in [2.45, 2.75) is 32.7 Å². The number of hydrogen-bond donors (Lipinski definition) is 1. The molecule has 35 heavy (non-hydrogen) atoms. The second-order valence-corrected chi connectivity index (χ2v) is 11.4. The van der Waals surface area contributed by atoms with Crippen LogP contribution >= 0.6 is 0 Å². The van der Waals surface area contributed by atoms with Crippen LogP contribution in [0.25, 0.3) is 22.3 Å². The molecule has 5 rings (SSSR count). The fourth-order valence-electron chi connectivity index (χ4n) is 4.73. The number of imidazole rings is 1. The number of aryl methyl sites for hydroxylation is 2. The highest BCUT2D eigenvalue weighted by atomic mass is 32.2. The molecule has 1 aliphatic heterocycles. The maximum Gasteiger partial charge on any atom is 0.272 e. The smallest absolute Gasteiger partial charge is 0.272 e. The molecule has 1 atom stereocenters. The van der Waals surface area contributed by atoms with Crippen LogP contribution in [-0.4, -0.2) is 46.9 Å². The maximum absolute atomic E-state index is 13.3. The van der Waals surface area contributed by atoms with Crippen molar-refractivity contribution in [1.29, 1.82) is 0 Å². The van der Waals surface area contributed by atoms with Gasteiger partial charge in [0.15, 0.2) is 15.5 Å². The van der Waals surface area contributed by atoms with Crippen LogP contribution in [0.2, 0.25) is 0 Å². The van der Waals surface area contributed by atoms with Gasteiger partial charge in [-0.15, -0.1) is 0 Å². The minimum Gasteiger partial charge on any atom is -0.350 e. The number of hydrogen-bond acceptors (Lipinski definition) is 5. The lowest BCUT2D eigenvalue weighted by molar-refractivity contribution is 0.0951. The van der Waals surface area contributed by atoms with Gasteiger partial charge in [0.05, 0.1) is 28.8 Å². The molecule has 2 aromatic heterocycles. The summed E-state index contributed by atoms with van der Waals surface area (Å²) < 4.78 is 26.4. The zero-order valence-corrected chi connectivity index (χ0v) is 20.7. The van der Waals surface area contributed by atoms with E-state index in [0.29, 0.717) is 36.4 Å². The number of pyridine rings is 1. The van der Waals surface area contributed by atoms with Gasteiger partial charge in [0.2, 0.25) is 0 Å². The van der Waals surface area contributed by atoms with Crippen molar-refractivity contribution in [3.05, 3.63) is 83.3 Å². The number of nitrogens with one attached hydrogen (secondary N) is 1. The van der Waals surface area contributed by atoms with E-state index in [4.69, 9.17) is 4.98 Å². The molecule has 7 nitrogen and oxygen atoms in total. The van der Waals surface area contributed by atoms with Crippen LogP contribution in [-0.2, 0) is 16.3 Å². The van der Waals surface area contributed by atoms with E-state index in [1.807, 2.05) is 79.1 Å². The molecule has 3 heterocycles. The third-order valence-corrected chi connectivity index (χ3v) is 8.28. The van der Waals surface area contributed by atoms with Crippen molar-refractivity contribution >= 4 is 26.8 Å². The first-order valence-electron chi connectivity index (χ1n) is 11.8. The molecule has 2 aromatic carbocycles. The average molecular weight is 489 g/mol. The van der Waals surface area contributed by atoms with Crippen LogP contribution in [0.4, 0.5) is 0 Å². The van der Waals surface area contributed by atoms with Crippen LogP contribution < -0.4 is 5.32 Å². The number of carbonyl (C=O) groups excluding carboxylic acids is 1. The minimum absolute atomic E-state index is 0.0834. The molecule has 8 heteroatoms. The van der Waals surface area contributed by atoms with E-state index in [-0.39, 0.29) is 29.1 Å². The number of benzene rings is 2. The first-order chi connectivity index (χ1) is 16.8. The molecule has 1 saturated heterocycles. The summed E-state index contributed by atoms with van der Waals surface area (Å²) in [6, 6.07) is 19.7. The number of aromatic nitrogens is 3. The van der Waals surface area contributed by atoms with E-state index in [1.165, 1.54) is 0 Å². The highest BCUT2D eigenvalue weighted by molar-refractivity contribution is 7.91. The van der Waals surface area contributed by atoms with Gasteiger partial charge in [0.25, 0.3) is 5.91 Å². The monoisotopic (exact) mass is 488 g/mol. The van der Waals surface area contributed by atoms with Crippen molar-refractivity contribution in [3.63, 3.8) is 0 Å². The highest BCUT2D eigenvalue weighted by Crippen LogP contribution is 2.32. The topological polar surface area (TPSA) is 94.0 Å². The van der Waals surface area contributed by atoms with Gasteiger partial charge in [-0.25, -0.2) is 18.4 Å². The molecule has 0 spiro atoms. The first kappa shape index (κ1) is 23.2. The lowest BCUT2D eigenvalue weighted by Gasteiger charge is -2.15. The van der Waals surface area contributed by atoms with Crippen molar-refractivity contribution in [2.75, 3.05) is 18.1 Å². The van der Waals surface area contributed by atoms with Gasteiger partial charge < -0.3 is 9.88 Å². The molecule has 1 fully saturated rings. The van der Waals surface area contributed by atoms with Crippen molar-refractivity contribution in [1.82, 2.24) is 19.9 Å². The molecule has 1 amide bonds. The fraction of sp³-hybridized carbons (Fsp3) is 0.296. The second kappa shape index (κ2) is 9.26. The molecule has 0 radical (unpaired) electrons. The lowest BCUT2D eigenvalue weighted by Crippen LogP contribution is -2.27. The van der Waals surface area contributed by atoms with Crippen LogP contribution in [0.5, 0.6) is 0 Å². The summed E-state index contributed by atoms with van der Waals surface area (Å²) in [7, 11) is -3.08. The minimum atomic E-state index is -3.08. The maximum atomic E-state index is 13.3. The number of fused-ring (bicyclic) bond motifs is 1. The standard InChI is InChI=1S/C27H28N4O3S/c1-18-8-10-21(11-9-18)23-16-24-25(29-19(2)31(24)22-13-15-35(33,34)17-22)26(30-23)27(32)28-14-12-20-6-4-3-5-7-20/h3-11,16,22H,12-15,17H2,1-2H3,(H,28,32). The van der Waals surface area contributed by atoms with Crippen LogP contribution in [0.15, 0.2) is 60.7 Å². The Morgan fingerprint density at radius 3 is 2.49 bits per heavy atom. The fourth-order valence-corrected chi connectivity index (χ4v) is 6.43. The number of nitrogens with zero attached hydrogens (tertiary/aromatic N) is 3. The Labute approximate surface area is 205 Å². The quantitative estimate of drug-likeness (QED) is 0.442. The van der Waals surface area contributed by atoms with Crippen molar-refractivity contribution < 1.29 is 13.2 Å². The summed E-state index contributed by atoms with van der Waals surface area (Å²) >= 11 is 0. The van der Waals surface area contributed by atoms with Gasteiger partial charge in [-0.1, -0.05) is 60.2 Å². The van der Waals surface area contributed by atoms with E-state index in [1.54, 1.807) is 0 Å². The second-order valence-electron chi connectivity index (χ2n) is 9.17. The van der Waals surface area contributed by atoms with Crippen LogP contribution in [0.1, 0.15) is 39.9 Å². The van der Waals surface area contributed by atoms with Crippen molar-refractivity contribution in [3.8, 4) is 11.3 Å². The Hall–Kier alpha value is -3.52. The van der Waals surface area contributed by atoms with Gasteiger partial charge in [-0.2, -0.15) is 0 Å². The van der Waals surface area contributed by atoms with E-state index in [9.17, 15) is 13.2 Å². The summed E-state index contributed by atoms with van der Waals surface area (Å²) in [5.74, 6) is 0.645. The summed E-state index contributed by atoms with van der Waals surface area (Å²) in [5, 5.41) is 2.99. The highest BCUT2D eigenvalue weighted by Gasteiger charge is 2.32. The van der Waals surface area contributed by atoms with E-state index < -0.39 is 9.84 Å². The first-order valence-corrected chi connectivity index (χ1v) is 13.6. The van der Waals surface area contributed by atoms with Crippen molar-refractivity contribution in [2.24, 2.45) is 0 Å². The van der Waals surface area contributed by atoms with Gasteiger partial charge in [-0.05, 0) is 38.3 Å². The largest absolute Gasteiger partial charge is 0.350 e. The number of carbonyl (C=O) groups is 1. The van der Waals surface area contributed by atoms with E-state index in [0.717, 1.165) is 22.2 Å². The predicted octanol–water partition coefficient (Wildman–Crippen LogP) is 4.05. The summed E-state index contributed by atoms with van der Waals surface area (Å²) in [6.45, 7) is 4.35. The van der Waals surface area contributed by atoms with Crippen LogP contribution in [0.3, 0.4) is 0 Å². The summed E-state index contributed by atoms with van der Waals surface area (Å²) in [4.78, 5) is 22.7. The Kier molecular flexibility index (Phi) is 6.15. The van der Waals surface area contributed by atoms with Gasteiger partial charge >= 0.3 is 0 Å². The predicted molar refractivity (Wildman–Crippen MR) is 137 cm³/mol. The van der Waals surface area contributed by atoms with Gasteiger partial charge in [0.1, 0.15) is 11.3 Å². The summed E-state index contributed by atoms with van der Waals surface area (Å²) in [5.41, 5.74) is 5.32. The molecule has 0 bridgehead atoms. The van der Waals surface area contributed by atoms with Crippen LogP contribution in [0, 0.1) is 13.8 Å². The van der Waals surface area contributed by atoms with E-state index in [2.05, 4.69) is 10.3 Å². The summed E-state index contributed by atoms with van der Waals surface area (Å²) in [6.07, 6.45) is 1.25. The van der Waals surface area contributed by atoms with E-state index >= 15 is 0 Å². The molecule has 180 valence electrons. The third-order valence-electron chi connectivity index (χ3n) is 6.53. The average Bonchev–Trinajstić information content (AvgIpc) is 3.36. The Morgan fingerprint density at radius 1 is 1.06 bits per heavy atom. The molecule has 1 aliphatic rings. The lowest BCUT2D eigenvalue weighted by atomic mass is 10.1. The zero-order chi connectivity index (χ0) is 24.6. The molecular formula is C27H28N4O3S. The van der Waals surface area contributed by atoms with Gasteiger partial charge in [0, 0.05) is 12.1 Å². The molecule has 1 N–H and O–H groups in total. The number of rotatable bonds is 6. The SMILES string of the molecule is Cc1ccc(-c2cc3c(nc(C)n3C3CCS(=O)(=O)C3)c(C(=O)NCCc3ccccc3)n2)cc1. The Balaban J connectivity index is 1.55. The molecular weight excluding hydrogens is 460 g/mol. The third kappa shape index (κ3) is 4.84. The van der Waals surface area contributed by atoms with Gasteiger partial charge in [-0.3, -0.25) is 4.79 Å². The number of sulfone groups is 1. The Morgan fingerprint density at radius 2 is 1.80 bits per heavy atom. The molecule has 4 aromatic rings. The molecule has 0 saturated carbocycles. The normalized spacial score (nSPS) is 17.0. The molecule has 0 aliphatic carbocycles. The zero-order valence-electron chi connectivity index (χ0n) is 19.9.